The molecule has 3 aromatic heterocycles. The van der Waals surface area contributed by atoms with Crippen molar-refractivity contribution < 1.29 is 9.21 Å². The average molecular weight is 447 g/mol. The highest BCUT2D eigenvalue weighted by atomic mass is 16.3. The normalized spacial score (nSPS) is 14.2. The minimum atomic E-state index is -0.554. The standard InChI is InChI=1S/C24H25N5O4/c30-20(25-13-19-11-6-12-33-19)15-28-23(31)21-22(26-16-29(21)18-9-4-5-10-18)27(24(28)32)14-17-7-2-1-3-8-17/h1-3,6-8,11-12,16,18H,4-5,9-10,13-15H2,(H,25,30). The van der Waals surface area contributed by atoms with Gasteiger partial charge in [0.15, 0.2) is 11.2 Å². The summed E-state index contributed by atoms with van der Waals surface area (Å²) < 4.78 is 9.61. The smallest absolute Gasteiger partial charge is 0.333 e. The van der Waals surface area contributed by atoms with Crippen molar-refractivity contribution in [3.8, 4) is 0 Å². The van der Waals surface area contributed by atoms with Crippen molar-refractivity contribution in [2.24, 2.45) is 0 Å². The summed E-state index contributed by atoms with van der Waals surface area (Å²) in [7, 11) is 0. The molecule has 33 heavy (non-hydrogen) atoms. The van der Waals surface area contributed by atoms with Crippen molar-refractivity contribution in [2.45, 2.75) is 51.4 Å². The fraction of sp³-hybridized carbons (Fsp3) is 0.333. The second-order valence-corrected chi connectivity index (χ2v) is 8.36. The van der Waals surface area contributed by atoms with Gasteiger partial charge < -0.3 is 14.3 Å². The van der Waals surface area contributed by atoms with E-state index in [-0.39, 0.29) is 25.7 Å². The third-order valence-electron chi connectivity index (χ3n) is 6.18. The van der Waals surface area contributed by atoms with Crippen molar-refractivity contribution in [2.75, 3.05) is 0 Å². The second kappa shape index (κ2) is 8.93. The number of hydrogen-bond acceptors (Lipinski definition) is 5. The highest BCUT2D eigenvalue weighted by Gasteiger charge is 2.24. The Balaban J connectivity index is 1.56. The van der Waals surface area contributed by atoms with Gasteiger partial charge in [-0.1, -0.05) is 43.2 Å². The van der Waals surface area contributed by atoms with Crippen LogP contribution in [0.2, 0.25) is 0 Å². The maximum Gasteiger partial charge on any atom is 0.333 e. The molecule has 1 N–H and O–H groups in total. The van der Waals surface area contributed by atoms with E-state index in [0.717, 1.165) is 35.8 Å². The zero-order valence-electron chi connectivity index (χ0n) is 18.1. The monoisotopic (exact) mass is 447 g/mol. The van der Waals surface area contributed by atoms with Crippen LogP contribution in [-0.4, -0.2) is 24.6 Å². The zero-order chi connectivity index (χ0) is 22.8. The Kier molecular flexibility index (Phi) is 5.68. The number of benzene rings is 1. The van der Waals surface area contributed by atoms with Gasteiger partial charge in [-0.05, 0) is 30.5 Å². The van der Waals surface area contributed by atoms with Crippen LogP contribution in [0, 0.1) is 0 Å². The lowest BCUT2D eigenvalue weighted by molar-refractivity contribution is -0.122. The Morgan fingerprint density at radius 3 is 2.58 bits per heavy atom. The van der Waals surface area contributed by atoms with Crippen molar-refractivity contribution in [3.63, 3.8) is 0 Å². The van der Waals surface area contributed by atoms with E-state index in [0.29, 0.717) is 16.9 Å². The molecule has 0 atom stereocenters. The zero-order valence-corrected chi connectivity index (χ0v) is 18.1. The van der Waals surface area contributed by atoms with Crippen LogP contribution < -0.4 is 16.6 Å². The van der Waals surface area contributed by atoms with Crippen LogP contribution in [0.4, 0.5) is 0 Å². The first-order valence-electron chi connectivity index (χ1n) is 11.1. The number of imidazole rings is 1. The Bertz CT molecular complexity index is 1380. The first-order valence-corrected chi connectivity index (χ1v) is 11.1. The number of hydrogen-bond donors (Lipinski definition) is 1. The molecule has 0 bridgehead atoms. The second-order valence-electron chi connectivity index (χ2n) is 8.36. The van der Waals surface area contributed by atoms with Crippen molar-refractivity contribution in [3.05, 3.63) is 87.2 Å². The number of carbonyl (C=O) groups excluding carboxylic acids is 1. The molecular weight excluding hydrogens is 422 g/mol. The van der Waals surface area contributed by atoms with Gasteiger partial charge in [-0.15, -0.1) is 0 Å². The van der Waals surface area contributed by atoms with Gasteiger partial charge in [0.1, 0.15) is 12.3 Å². The fourth-order valence-electron chi connectivity index (χ4n) is 4.51. The molecule has 9 heteroatoms. The van der Waals surface area contributed by atoms with Gasteiger partial charge >= 0.3 is 5.69 Å². The summed E-state index contributed by atoms with van der Waals surface area (Å²) in [5, 5.41) is 2.71. The van der Waals surface area contributed by atoms with Crippen LogP contribution in [0.1, 0.15) is 43.0 Å². The number of carbonyl (C=O) groups is 1. The number of rotatable bonds is 7. The fourth-order valence-corrected chi connectivity index (χ4v) is 4.51. The number of aromatic nitrogens is 4. The molecule has 170 valence electrons. The van der Waals surface area contributed by atoms with Crippen LogP contribution in [0.25, 0.3) is 11.2 Å². The molecule has 0 aliphatic heterocycles. The summed E-state index contributed by atoms with van der Waals surface area (Å²) in [5.74, 6) is 0.148. The van der Waals surface area contributed by atoms with Crippen LogP contribution in [0.15, 0.2) is 69.1 Å². The van der Waals surface area contributed by atoms with E-state index in [1.54, 1.807) is 18.5 Å². The number of furan rings is 1. The van der Waals surface area contributed by atoms with Gasteiger partial charge in [0.25, 0.3) is 5.56 Å². The van der Waals surface area contributed by atoms with Gasteiger partial charge in [0, 0.05) is 6.04 Å². The summed E-state index contributed by atoms with van der Waals surface area (Å²) in [6.07, 6.45) is 7.30. The van der Waals surface area contributed by atoms with E-state index in [2.05, 4.69) is 10.3 Å². The van der Waals surface area contributed by atoms with E-state index < -0.39 is 17.2 Å². The summed E-state index contributed by atoms with van der Waals surface area (Å²) in [6.45, 7) is 0.0616. The molecule has 9 nitrogen and oxygen atoms in total. The van der Waals surface area contributed by atoms with Gasteiger partial charge in [0.2, 0.25) is 5.91 Å². The van der Waals surface area contributed by atoms with E-state index >= 15 is 0 Å². The molecule has 5 rings (SSSR count). The molecule has 0 spiro atoms. The van der Waals surface area contributed by atoms with Crippen LogP contribution in [0.5, 0.6) is 0 Å². The Morgan fingerprint density at radius 1 is 1.06 bits per heavy atom. The van der Waals surface area contributed by atoms with E-state index in [1.165, 1.54) is 10.8 Å². The van der Waals surface area contributed by atoms with E-state index in [9.17, 15) is 14.4 Å². The maximum atomic E-state index is 13.5. The molecule has 0 unspecified atom stereocenters. The maximum absolute atomic E-state index is 13.5. The van der Waals surface area contributed by atoms with Crippen molar-refractivity contribution in [1.29, 1.82) is 0 Å². The summed E-state index contributed by atoms with van der Waals surface area (Å²) in [6, 6.07) is 13.2. The first kappa shape index (κ1) is 21.0. The highest BCUT2D eigenvalue weighted by molar-refractivity contribution is 5.76. The average Bonchev–Trinajstić information content (AvgIpc) is 3.60. The van der Waals surface area contributed by atoms with Crippen LogP contribution in [0.3, 0.4) is 0 Å². The minimum Gasteiger partial charge on any atom is -0.467 e. The first-order chi connectivity index (χ1) is 16.1. The summed E-state index contributed by atoms with van der Waals surface area (Å²) in [4.78, 5) is 43.9. The SMILES string of the molecule is O=C(Cn1c(=O)c2c(ncn2C2CCCC2)n(Cc2ccccc2)c1=O)NCc1ccco1. The lowest BCUT2D eigenvalue weighted by Gasteiger charge is -2.15. The molecule has 1 amide bonds. The van der Waals surface area contributed by atoms with Crippen molar-refractivity contribution in [1.82, 2.24) is 24.0 Å². The minimum absolute atomic E-state index is 0.173. The molecular formula is C24H25N5O4. The third-order valence-corrected chi connectivity index (χ3v) is 6.18. The largest absolute Gasteiger partial charge is 0.467 e. The summed E-state index contributed by atoms with van der Waals surface area (Å²) in [5.41, 5.74) is 0.589. The third kappa shape index (κ3) is 4.13. The van der Waals surface area contributed by atoms with Crippen molar-refractivity contribution >= 4 is 17.1 Å². The van der Waals surface area contributed by atoms with Gasteiger partial charge in [-0.3, -0.25) is 14.2 Å². The predicted octanol–water partition coefficient (Wildman–Crippen LogP) is 2.43. The molecule has 1 aliphatic rings. The molecule has 1 fully saturated rings. The molecule has 1 saturated carbocycles. The van der Waals surface area contributed by atoms with Gasteiger partial charge in [0.05, 0.1) is 25.7 Å². The van der Waals surface area contributed by atoms with Gasteiger partial charge in [-0.2, -0.15) is 0 Å². The molecule has 3 heterocycles. The Hall–Kier alpha value is -3.88. The van der Waals surface area contributed by atoms with E-state index in [4.69, 9.17) is 4.42 Å². The topological polar surface area (TPSA) is 104 Å². The lowest BCUT2D eigenvalue weighted by Crippen LogP contribution is -2.44. The highest BCUT2D eigenvalue weighted by Crippen LogP contribution is 2.31. The summed E-state index contributed by atoms with van der Waals surface area (Å²) >= 11 is 0. The quantitative estimate of drug-likeness (QED) is 0.469. The lowest BCUT2D eigenvalue weighted by atomic mass is 10.2. The molecule has 1 aliphatic carbocycles. The Morgan fingerprint density at radius 2 is 1.85 bits per heavy atom. The Labute approximate surface area is 189 Å². The van der Waals surface area contributed by atoms with E-state index in [1.807, 2.05) is 34.9 Å². The molecule has 1 aromatic carbocycles. The predicted molar refractivity (Wildman–Crippen MR) is 122 cm³/mol. The van der Waals surface area contributed by atoms with Crippen LogP contribution >= 0.6 is 0 Å². The number of amides is 1. The van der Waals surface area contributed by atoms with Gasteiger partial charge in [-0.25, -0.2) is 14.3 Å². The molecule has 0 radical (unpaired) electrons. The number of nitrogens with zero attached hydrogens (tertiary/aromatic N) is 4. The molecule has 0 saturated heterocycles. The number of nitrogens with one attached hydrogen (secondary N) is 1. The molecule has 4 aromatic rings. The number of fused-ring (bicyclic) bond motifs is 1. The van der Waals surface area contributed by atoms with Crippen LogP contribution in [-0.2, 0) is 24.4 Å².